The lowest BCUT2D eigenvalue weighted by Gasteiger charge is -2.18. The molecule has 1 rings (SSSR count). The number of aromatic nitrogens is 1. The van der Waals surface area contributed by atoms with Crippen molar-refractivity contribution >= 4 is 5.82 Å². The number of likely N-dealkylation sites (N-methyl/N-ethyl adjacent to an activating group) is 1. The Hall–Kier alpha value is -1.13. The van der Waals surface area contributed by atoms with Crippen LogP contribution in [-0.2, 0) is 11.2 Å². The van der Waals surface area contributed by atoms with Gasteiger partial charge in [0.2, 0.25) is 0 Å². The van der Waals surface area contributed by atoms with E-state index < -0.39 is 0 Å². The van der Waals surface area contributed by atoms with Crippen molar-refractivity contribution in [1.29, 1.82) is 0 Å². The predicted octanol–water partition coefficient (Wildman–Crippen LogP) is 1.61. The Bertz CT molecular complexity index is 317. The van der Waals surface area contributed by atoms with Gasteiger partial charge in [0, 0.05) is 26.0 Å². The lowest BCUT2D eigenvalue weighted by atomic mass is 10.0. The van der Waals surface area contributed by atoms with Gasteiger partial charge < -0.3 is 15.8 Å². The van der Waals surface area contributed by atoms with Crippen LogP contribution in [0.1, 0.15) is 25.3 Å². The first-order valence-electron chi connectivity index (χ1n) is 6.19. The summed E-state index contributed by atoms with van der Waals surface area (Å²) in [5.74, 6) is 0.641. The highest BCUT2D eigenvalue weighted by atomic mass is 16.5. The maximum absolute atomic E-state index is 5.86. The number of ether oxygens (including phenoxy) is 1. The second-order valence-corrected chi connectivity index (χ2v) is 4.14. The van der Waals surface area contributed by atoms with Crippen LogP contribution in [0, 0.1) is 0 Å². The minimum absolute atomic E-state index is 0.446. The van der Waals surface area contributed by atoms with Gasteiger partial charge in [-0.15, -0.1) is 0 Å². The number of nitrogens with zero attached hydrogens (tertiary/aromatic N) is 1. The van der Waals surface area contributed by atoms with Crippen molar-refractivity contribution < 1.29 is 4.74 Å². The highest BCUT2D eigenvalue weighted by molar-refractivity contribution is 5.38. The second-order valence-electron chi connectivity index (χ2n) is 4.14. The second kappa shape index (κ2) is 8.03. The fraction of sp³-hybridized carbons (Fsp3) is 0.615. The van der Waals surface area contributed by atoms with Crippen LogP contribution in [0.5, 0.6) is 0 Å². The number of nitrogens with two attached hydrogens (primary N) is 1. The molecule has 96 valence electrons. The molecule has 0 aromatic carbocycles. The molecule has 0 radical (unpaired) electrons. The molecule has 0 spiro atoms. The zero-order valence-electron chi connectivity index (χ0n) is 10.8. The van der Waals surface area contributed by atoms with Crippen molar-refractivity contribution in [2.24, 2.45) is 0 Å². The predicted molar refractivity (Wildman–Crippen MR) is 70.9 cm³/mol. The van der Waals surface area contributed by atoms with Crippen LogP contribution < -0.4 is 11.1 Å². The average Bonchev–Trinajstić information content (AvgIpc) is 2.32. The van der Waals surface area contributed by atoms with Crippen molar-refractivity contribution in [1.82, 2.24) is 10.3 Å². The van der Waals surface area contributed by atoms with E-state index in [9.17, 15) is 0 Å². The van der Waals surface area contributed by atoms with Crippen molar-refractivity contribution in [2.45, 2.75) is 32.2 Å². The van der Waals surface area contributed by atoms with E-state index in [0.717, 1.165) is 38.0 Å². The van der Waals surface area contributed by atoms with Gasteiger partial charge in [-0.1, -0.05) is 13.0 Å². The van der Waals surface area contributed by atoms with Gasteiger partial charge in [-0.05, 0) is 37.4 Å². The van der Waals surface area contributed by atoms with Gasteiger partial charge in [0.05, 0.1) is 0 Å². The summed E-state index contributed by atoms with van der Waals surface area (Å²) >= 11 is 0. The Balaban J connectivity index is 2.50. The molecule has 0 aliphatic carbocycles. The molecule has 1 aromatic rings. The van der Waals surface area contributed by atoms with Gasteiger partial charge >= 0.3 is 0 Å². The molecule has 17 heavy (non-hydrogen) atoms. The molecule has 0 aliphatic heterocycles. The molecule has 0 amide bonds. The molecule has 1 unspecified atom stereocenters. The van der Waals surface area contributed by atoms with E-state index in [1.807, 2.05) is 12.1 Å². The molecule has 0 aliphatic rings. The van der Waals surface area contributed by atoms with E-state index in [0.29, 0.717) is 11.9 Å². The van der Waals surface area contributed by atoms with E-state index in [1.165, 1.54) is 0 Å². The third-order valence-electron chi connectivity index (χ3n) is 2.79. The van der Waals surface area contributed by atoms with Crippen LogP contribution in [0.2, 0.25) is 0 Å². The quantitative estimate of drug-likeness (QED) is 0.674. The molecule has 1 heterocycles. The molecule has 0 bridgehead atoms. The zero-order chi connectivity index (χ0) is 12.5. The molecular formula is C13H23N3O. The van der Waals surface area contributed by atoms with Gasteiger partial charge in [-0.2, -0.15) is 0 Å². The number of hydrogen-bond donors (Lipinski definition) is 2. The lowest BCUT2D eigenvalue weighted by molar-refractivity contribution is 0.188. The van der Waals surface area contributed by atoms with E-state index in [4.69, 9.17) is 10.5 Å². The van der Waals surface area contributed by atoms with Crippen LogP contribution in [0.25, 0.3) is 0 Å². The third kappa shape index (κ3) is 5.15. The fourth-order valence-electron chi connectivity index (χ4n) is 1.93. The van der Waals surface area contributed by atoms with E-state index >= 15 is 0 Å². The Morgan fingerprint density at radius 2 is 2.35 bits per heavy atom. The van der Waals surface area contributed by atoms with Crippen LogP contribution in [0.4, 0.5) is 5.82 Å². The topological polar surface area (TPSA) is 60.2 Å². The minimum Gasteiger partial charge on any atom is -0.385 e. The highest BCUT2D eigenvalue weighted by Crippen LogP contribution is 2.12. The standard InChI is InChI=1S/C13H23N3O/c1-3-15-12(7-5-9-17-2)10-11-6-4-8-16-13(11)14/h4,6,8,12,15H,3,5,7,9-10H2,1-2H3,(H2,14,16). The summed E-state index contributed by atoms with van der Waals surface area (Å²) in [6.45, 7) is 3.90. The van der Waals surface area contributed by atoms with Crippen molar-refractivity contribution in [2.75, 3.05) is 26.0 Å². The Labute approximate surface area is 104 Å². The molecule has 1 aromatic heterocycles. The summed E-state index contributed by atoms with van der Waals surface area (Å²) < 4.78 is 5.08. The fourth-order valence-corrected chi connectivity index (χ4v) is 1.93. The van der Waals surface area contributed by atoms with Gasteiger partial charge in [-0.3, -0.25) is 0 Å². The highest BCUT2D eigenvalue weighted by Gasteiger charge is 2.10. The van der Waals surface area contributed by atoms with Gasteiger partial charge in [-0.25, -0.2) is 4.98 Å². The number of anilines is 1. The summed E-state index contributed by atoms with van der Waals surface area (Å²) in [5.41, 5.74) is 6.98. The van der Waals surface area contributed by atoms with Gasteiger partial charge in [0.1, 0.15) is 5.82 Å². The largest absolute Gasteiger partial charge is 0.385 e. The summed E-state index contributed by atoms with van der Waals surface area (Å²) in [6, 6.07) is 4.42. The van der Waals surface area contributed by atoms with Crippen molar-refractivity contribution in [3.05, 3.63) is 23.9 Å². The number of nitrogen functional groups attached to an aromatic ring is 1. The van der Waals surface area contributed by atoms with Crippen LogP contribution in [0.3, 0.4) is 0 Å². The average molecular weight is 237 g/mol. The Morgan fingerprint density at radius 3 is 3.00 bits per heavy atom. The third-order valence-corrected chi connectivity index (χ3v) is 2.79. The Morgan fingerprint density at radius 1 is 1.53 bits per heavy atom. The molecule has 4 nitrogen and oxygen atoms in total. The molecule has 4 heteroatoms. The van der Waals surface area contributed by atoms with E-state index in [2.05, 4.69) is 17.2 Å². The molecular weight excluding hydrogens is 214 g/mol. The first-order chi connectivity index (χ1) is 8.27. The summed E-state index contributed by atoms with van der Waals surface area (Å²) in [4.78, 5) is 4.11. The summed E-state index contributed by atoms with van der Waals surface area (Å²) in [5, 5.41) is 3.48. The van der Waals surface area contributed by atoms with Crippen LogP contribution in [-0.4, -0.2) is 31.3 Å². The normalized spacial score (nSPS) is 12.6. The zero-order valence-corrected chi connectivity index (χ0v) is 10.8. The number of pyridine rings is 1. The first-order valence-corrected chi connectivity index (χ1v) is 6.19. The van der Waals surface area contributed by atoms with Gasteiger partial charge in [0.15, 0.2) is 0 Å². The number of rotatable bonds is 8. The van der Waals surface area contributed by atoms with E-state index in [-0.39, 0.29) is 0 Å². The maximum Gasteiger partial charge on any atom is 0.126 e. The molecule has 0 fully saturated rings. The number of hydrogen-bond acceptors (Lipinski definition) is 4. The summed E-state index contributed by atoms with van der Waals surface area (Å²) in [6.07, 6.45) is 4.81. The maximum atomic E-state index is 5.86. The van der Waals surface area contributed by atoms with Gasteiger partial charge in [0.25, 0.3) is 0 Å². The molecule has 3 N–H and O–H groups in total. The molecule has 0 saturated carbocycles. The minimum atomic E-state index is 0.446. The van der Waals surface area contributed by atoms with Crippen LogP contribution in [0.15, 0.2) is 18.3 Å². The summed E-state index contributed by atoms with van der Waals surface area (Å²) in [7, 11) is 1.74. The smallest absolute Gasteiger partial charge is 0.126 e. The monoisotopic (exact) mass is 237 g/mol. The van der Waals surface area contributed by atoms with Crippen molar-refractivity contribution in [3.8, 4) is 0 Å². The first kappa shape index (κ1) is 13.9. The molecule has 0 saturated heterocycles. The lowest BCUT2D eigenvalue weighted by Crippen LogP contribution is -2.31. The Kier molecular flexibility index (Phi) is 6.58. The number of nitrogens with one attached hydrogen (secondary N) is 1. The van der Waals surface area contributed by atoms with Crippen LogP contribution >= 0.6 is 0 Å². The van der Waals surface area contributed by atoms with Crippen molar-refractivity contribution in [3.63, 3.8) is 0 Å². The molecule has 1 atom stereocenters. The number of methoxy groups -OCH3 is 1. The SMILES string of the molecule is CCNC(CCCOC)Cc1cccnc1N. The van der Waals surface area contributed by atoms with E-state index in [1.54, 1.807) is 13.3 Å².